The predicted octanol–water partition coefficient (Wildman–Crippen LogP) is 0.0443. The number of aliphatic hydroxyl groups is 2. The fourth-order valence-corrected chi connectivity index (χ4v) is 2.59. The van der Waals surface area contributed by atoms with E-state index in [-0.39, 0.29) is 12.7 Å². The Kier molecular flexibility index (Phi) is 2.70. The standard InChI is InChI=1S/C12H16N4O3/c1-12(18)4-7(5-17)19-11(12)16-3-2-8-9(13)14-6-15-10(8)16/h2-3,6-7,11,17-18H,4-5H2,1H3,(H2,13,14,15)/t7-,11-,12-/m0/s1. The summed E-state index contributed by atoms with van der Waals surface area (Å²) in [4.78, 5) is 8.11. The number of nitrogens with two attached hydrogens (primary N) is 1. The van der Waals surface area contributed by atoms with Crippen LogP contribution in [0.1, 0.15) is 19.6 Å². The molecule has 3 atom stereocenters. The summed E-state index contributed by atoms with van der Waals surface area (Å²) in [6.07, 6.45) is 2.53. The molecule has 7 heteroatoms. The fourth-order valence-electron chi connectivity index (χ4n) is 2.59. The van der Waals surface area contributed by atoms with Crippen molar-refractivity contribution in [3.8, 4) is 0 Å². The summed E-state index contributed by atoms with van der Waals surface area (Å²) in [5.41, 5.74) is 5.32. The number of ether oxygens (including phenoxy) is 1. The van der Waals surface area contributed by atoms with E-state index in [2.05, 4.69) is 9.97 Å². The average Bonchev–Trinajstić information content (AvgIpc) is 2.90. The highest BCUT2D eigenvalue weighted by atomic mass is 16.5. The highest BCUT2D eigenvalue weighted by Gasteiger charge is 2.45. The number of rotatable bonds is 2. The monoisotopic (exact) mass is 264 g/mol. The van der Waals surface area contributed by atoms with Gasteiger partial charge in [-0.25, -0.2) is 9.97 Å². The molecule has 3 rings (SSSR count). The van der Waals surface area contributed by atoms with Gasteiger partial charge >= 0.3 is 0 Å². The zero-order chi connectivity index (χ0) is 13.6. The van der Waals surface area contributed by atoms with Crippen molar-refractivity contribution in [1.29, 1.82) is 0 Å². The van der Waals surface area contributed by atoms with E-state index in [0.717, 1.165) is 0 Å². The first-order valence-corrected chi connectivity index (χ1v) is 6.08. The third-order valence-electron chi connectivity index (χ3n) is 3.49. The van der Waals surface area contributed by atoms with E-state index in [1.165, 1.54) is 6.33 Å². The molecule has 0 aliphatic carbocycles. The summed E-state index contributed by atoms with van der Waals surface area (Å²) >= 11 is 0. The Balaban J connectivity index is 2.07. The van der Waals surface area contributed by atoms with Crippen LogP contribution >= 0.6 is 0 Å². The number of fused-ring (bicyclic) bond motifs is 1. The summed E-state index contributed by atoms with van der Waals surface area (Å²) in [6.45, 7) is 1.56. The Morgan fingerprint density at radius 3 is 3.05 bits per heavy atom. The van der Waals surface area contributed by atoms with Gasteiger partial charge in [0.15, 0.2) is 6.23 Å². The number of hydrogen-bond acceptors (Lipinski definition) is 6. The van der Waals surface area contributed by atoms with E-state index in [1.54, 1.807) is 23.8 Å². The Hall–Kier alpha value is -1.70. The van der Waals surface area contributed by atoms with E-state index in [0.29, 0.717) is 23.3 Å². The molecule has 4 N–H and O–H groups in total. The third-order valence-corrected chi connectivity index (χ3v) is 3.49. The Morgan fingerprint density at radius 2 is 2.37 bits per heavy atom. The van der Waals surface area contributed by atoms with Gasteiger partial charge in [0.05, 0.1) is 18.1 Å². The molecular weight excluding hydrogens is 248 g/mol. The lowest BCUT2D eigenvalue weighted by molar-refractivity contribution is -0.0852. The molecular formula is C12H16N4O3. The summed E-state index contributed by atoms with van der Waals surface area (Å²) in [6, 6.07) is 1.79. The molecule has 0 radical (unpaired) electrons. The van der Waals surface area contributed by atoms with Gasteiger partial charge in [-0.1, -0.05) is 0 Å². The van der Waals surface area contributed by atoms with Crippen LogP contribution in [-0.2, 0) is 4.74 Å². The minimum atomic E-state index is -1.07. The first-order chi connectivity index (χ1) is 9.03. The molecule has 3 heterocycles. The maximum Gasteiger partial charge on any atom is 0.164 e. The third kappa shape index (κ3) is 1.86. The van der Waals surface area contributed by atoms with Crippen LogP contribution in [0.25, 0.3) is 11.0 Å². The molecule has 1 fully saturated rings. The normalized spacial score (nSPS) is 31.1. The zero-order valence-electron chi connectivity index (χ0n) is 10.5. The van der Waals surface area contributed by atoms with Gasteiger partial charge < -0.3 is 25.3 Å². The zero-order valence-corrected chi connectivity index (χ0v) is 10.5. The summed E-state index contributed by atoms with van der Waals surface area (Å²) in [7, 11) is 0. The lowest BCUT2D eigenvalue weighted by atomic mass is 10.0. The molecule has 0 saturated carbocycles. The van der Waals surface area contributed by atoms with Gasteiger partial charge in [-0.3, -0.25) is 0 Å². The van der Waals surface area contributed by atoms with Crippen molar-refractivity contribution in [1.82, 2.24) is 14.5 Å². The van der Waals surface area contributed by atoms with Crippen LogP contribution < -0.4 is 5.73 Å². The number of aliphatic hydroxyl groups excluding tert-OH is 1. The smallest absolute Gasteiger partial charge is 0.164 e. The lowest BCUT2D eigenvalue weighted by Crippen LogP contribution is -2.31. The van der Waals surface area contributed by atoms with Gasteiger partial charge in [0, 0.05) is 12.6 Å². The first kappa shape index (κ1) is 12.3. The van der Waals surface area contributed by atoms with Gasteiger partial charge in [-0.2, -0.15) is 0 Å². The fraction of sp³-hybridized carbons (Fsp3) is 0.500. The number of aromatic nitrogens is 3. The van der Waals surface area contributed by atoms with Crippen LogP contribution in [0.4, 0.5) is 5.82 Å². The number of anilines is 1. The second-order valence-corrected chi connectivity index (χ2v) is 5.07. The van der Waals surface area contributed by atoms with E-state index >= 15 is 0 Å². The van der Waals surface area contributed by atoms with Crippen molar-refractivity contribution in [3.63, 3.8) is 0 Å². The van der Waals surface area contributed by atoms with Gasteiger partial charge in [-0.05, 0) is 13.0 Å². The van der Waals surface area contributed by atoms with Crippen molar-refractivity contribution < 1.29 is 14.9 Å². The Labute approximate surface area is 109 Å². The summed E-state index contributed by atoms with van der Waals surface area (Å²) in [5.74, 6) is 0.389. The van der Waals surface area contributed by atoms with Crippen LogP contribution in [-0.4, -0.2) is 43.1 Å². The lowest BCUT2D eigenvalue weighted by Gasteiger charge is -2.25. The van der Waals surface area contributed by atoms with Crippen molar-refractivity contribution in [2.45, 2.75) is 31.3 Å². The Morgan fingerprint density at radius 1 is 1.58 bits per heavy atom. The second kappa shape index (κ2) is 4.16. The molecule has 0 spiro atoms. The topological polar surface area (TPSA) is 106 Å². The van der Waals surface area contributed by atoms with Gasteiger partial charge in [0.2, 0.25) is 0 Å². The highest BCUT2D eigenvalue weighted by molar-refractivity contribution is 5.86. The quantitative estimate of drug-likeness (QED) is 0.707. The molecule has 19 heavy (non-hydrogen) atoms. The predicted molar refractivity (Wildman–Crippen MR) is 68.2 cm³/mol. The van der Waals surface area contributed by atoms with Crippen LogP contribution in [0, 0.1) is 0 Å². The van der Waals surface area contributed by atoms with Gasteiger partial charge in [0.25, 0.3) is 0 Å². The van der Waals surface area contributed by atoms with Crippen LogP contribution in [0.3, 0.4) is 0 Å². The van der Waals surface area contributed by atoms with Gasteiger partial charge in [-0.15, -0.1) is 0 Å². The molecule has 0 aromatic carbocycles. The van der Waals surface area contributed by atoms with E-state index < -0.39 is 11.8 Å². The maximum absolute atomic E-state index is 10.4. The van der Waals surface area contributed by atoms with Crippen molar-refractivity contribution in [2.75, 3.05) is 12.3 Å². The number of nitrogens with zero attached hydrogens (tertiary/aromatic N) is 3. The van der Waals surface area contributed by atoms with E-state index in [9.17, 15) is 10.2 Å². The average molecular weight is 264 g/mol. The van der Waals surface area contributed by atoms with Gasteiger partial charge in [0.1, 0.15) is 23.4 Å². The highest BCUT2D eigenvalue weighted by Crippen LogP contribution is 2.39. The van der Waals surface area contributed by atoms with Crippen LogP contribution in [0.5, 0.6) is 0 Å². The maximum atomic E-state index is 10.4. The Bertz CT molecular complexity index is 610. The number of hydrogen-bond donors (Lipinski definition) is 3. The molecule has 2 aromatic rings. The molecule has 102 valence electrons. The second-order valence-electron chi connectivity index (χ2n) is 5.07. The minimum absolute atomic E-state index is 0.122. The van der Waals surface area contributed by atoms with Crippen molar-refractivity contribution >= 4 is 16.9 Å². The molecule has 7 nitrogen and oxygen atoms in total. The molecule has 1 aliphatic rings. The molecule has 0 bridgehead atoms. The van der Waals surface area contributed by atoms with E-state index in [4.69, 9.17) is 10.5 Å². The van der Waals surface area contributed by atoms with Crippen LogP contribution in [0.2, 0.25) is 0 Å². The van der Waals surface area contributed by atoms with Crippen LogP contribution in [0.15, 0.2) is 18.6 Å². The molecule has 0 unspecified atom stereocenters. The van der Waals surface area contributed by atoms with Crippen molar-refractivity contribution in [3.05, 3.63) is 18.6 Å². The largest absolute Gasteiger partial charge is 0.394 e. The molecule has 2 aromatic heterocycles. The first-order valence-electron chi connectivity index (χ1n) is 6.08. The molecule has 1 saturated heterocycles. The molecule has 0 amide bonds. The summed E-state index contributed by atoms with van der Waals surface area (Å²) in [5, 5.41) is 20.3. The molecule has 1 aliphatic heterocycles. The van der Waals surface area contributed by atoms with Crippen molar-refractivity contribution in [2.24, 2.45) is 0 Å². The SMILES string of the molecule is C[C@]1(O)C[C@@H](CO)O[C@@H]1n1ccc2c(N)ncnc21. The summed E-state index contributed by atoms with van der Waals surface area (Å²) < 4.78 is 7.41. The van der Waals surface area contributed by atoms with E-state index in [1.807, 2.05) is 0 Å². The number of nitrogen functional groups attached to an aromatic ring is 1. The minimum Gasteiger partial charge on any atom is -0.394 e.